The van der Waals surface area contributed by atoms with E-state index in [0.29, 0.717) is 36.4 Å². The topological polar surface area (TPSA) is 91.0 Å². The van der Waals surface area contributed by atoms with Crippen molar-refractivity contribution in [3.05, 3.63) is 58.0 Å². The first-order valence-electron chi connectivity index (χ1n) is 8.96. The molecule has 0 saturated carbocycles. The number of rotatable bonds is 3. The summed E-state index contributed by atoms with van der Waals surface area (Å²) in [5, 5.41) is 10.2. The van der Waals surface area contributed by atoms with Crippen molar-refractivity contribution in [2.45, 2.75) is 18.9 Å². The summed E-state index contributed by atoms with van der Waals surface area (Å²) in [6.07, 6.45) is 3.70. The number of pyridine rings is 1. The van der Waals surface area contributed by atoms with Crippen LogP contribution in [-0.2, 0) is 0 Å². The first kappa shape index (κ1) is 19.4. The Hall–Kier alpha value is -2.88. The molecule has 1 saturated heterocycles. The number of hydrogen-bond acceptors (Lipinski definition) is 4. The fraction of sp³-hybridized carbons (Fsp3) is 0.263. The largest absolute Gasteiger partial charge is 0.346 e. The van der Waals surface area contributed by atoms with Gasteiger partial charge in [0.05, 0.1) is 23.5 Å². The molecule has 1 aliphatic rings. The minimum Gasteiger partial charge on any atom is -0.346 e. The Balaban J connectivity index is 1.50. The summed E-state index contributed by atoms with van der Waals surface area (Å²) in [7, 11) is 0. The summed E-state index contributed by atoms with van der Waals surface area (Å²) in [4.78, 5) is 30.6. The number of amides is 2. The lowest BCUT2D eigenvalue weighted by molar-refractivity contribution is 0.0676. The number of likely N-dealkylation sites (tertiary alicyclic amines) is 1. The number of aromatic amines is 1. The molecule has 3 aromatic rings. The molecule has 0 bridgehead atoms. The molecule has 7 nitrogen and oxygen atoms in total. The van der Waals surface area contributed by atoms with Crippen LogP contribution in [0.2, 0.25) is 0 Å². The molecule has 1 aliphatic heterocycles. The van der Waals surface area contributed by atoms with Crippen LogP contribution in [-0.4, -0.2) is 51.0 Å². The number of nitrogens with one attached hydrogen (secondary N) is 2. The zero-order valence-electron chi connectivity index (χ0n) is 15.1. The highest BCUT2D eigenvalue weighted by atomic mass is 79.9. The number of hydrogen-bond donors (Lipinski definition) is 2. The molecule has 1 unspecified atom stereocenters. The maximum atomic E-state index is 13.8. The van der Waals surface area contributed by atoms with Crippen LogP contribution in [0.3, 0.4) is 0 Å². The Morgan fingerprint density at radius 1 is 1.24 bits per heavy atom. The van der Waals surface area contributed by atoms with Gasteiger partial charge in [-0.05, 0) is 25.0 Å². The fourth-order valence-corrected chi connectivity index (χ4v) is 3.94. The number of nitrogens with zero attached hydrogens (tertiary/aromatic N) is 3. The zero-order chi connectivity index (χ0) is 20.5. The van der Waals surface area contributed by atoms with Crippen LogP contribution >= 0.6 is 15.9 Å². The maximum absolute atomic E-state index is 13.8. The zero-order valence-corrected chi connectivity index (χ0v) is 16.7. The van der Waals surface area contributed by atoms with Crippen LogP contribution in [0.25, 0.3) is 10.9 Å². The molecule has 0 spiro atoms. The smallest absolute Gasteiger partial charge is 0.273 e. The predicted molar refractivity (Wildman–Crippen MR) is 104 cm³/mol. The van der Waals surface area contributed by atoms with Crippen LogP contribution in [0.4, 0.5) is 8.78 Å². The molecule has 1 fully saturated rings. The van der Waals surface area contributed by atoms with E-state index in [-0.39, 0.29) is 18.5 Å². The number of piperidine rings is 1. The van der Waals surface area contributed by atoms with E-state index >= 15 is 0 Å². The lowest BCUT2D eigenvalue weighted by Crippen LogP contribution is -2.49. The van der Waals surface area contributed by atoms with E-state index in [9.17, 15) is 18.4 Å². The second-order valence-electron chi connectivity index (χ2n) is 6.83. The first-order valence-corrected chi connectivity index (χ1v) is 9.75. The van der Waals surface area contributed by atoms with E-state index < -0.39 is 23.2 Å². The molecule has 0 radical (unpaired) electrons. The molecule has 1 atom stereocenters. The van der Waals surface area contributed by atoms with Gasteiger partial charge in [0.25, 0.3) is 11.8 Å². The van der Waals surface area contributed by atoms with Gasteiger partial charge in [0.1, 0.15) is 5.82 Å². The Labute approximate surface area is 172 Å². The SMILES string of the molecule is O=C(NC1CCCN(C(=O)c2cc(Br)cc3[nH]ncc23)C1)c1ncc(F)cc1F. The van der Waals surface area contributed by atoms with E-state index in [1.165, 1.54) is 0 Å². The third kappa shape index (κ3) is 3.98. The quantitative estimate of drug-likeness (QED) is 0.624. The molecule has 2 N–H and O–H groups in total. The lowest BCUT2D eigenvalue weighted by Gasteiger charge is -2.33. The number of halogens is 3. The van der Waals surface area contributed by atoms with Crippen molar-refractivity contribution >= 4 is 38.6 Å². The summed E-state index contributed by atoms with van der Waals surface area (Å²) < 4.78 is 27.5. The molecule has 4 rings (SSSR count). The molecular formula is C19H16BrF2N5O2. The van der Waals surface area contributed by atoms with Crippen molar-refractivity contribution in [2.24, 2.45) is 0 Å². The third-order valence-electron chi connectivity index (χ3n) is 4.82. The second-order valence-corrected chi connectivity index (χ2v) is 7.75. The van der Waals surface area contributed by atoms with Crippen LogP contribution in [0.1, 0.15) is 33.7 Å². The highest BCUT2D eigenvalue weighted by Crippen LogP contribution is 2.25. The Morgan fingerprint density at radius 2 is 2.07 bits per heavy atom. The molecule has 1 aromatic carbocycles. The minimum atomic E-state index is -1.03. The molecule has 29 heavy (non-hydrogen) atoms. The third-order valence-corrected chi connectivity index (χ3v) is 5.28. The summed E-state index contributed by atoms with van der Waals surface area (Å²) in [6, 6.07) is 3.82. The van der Waals surface area contributed by atoms with Gasteiger partial charge in [-0.25, -0.2) is 13.8 Å². The van der Waals surface area contributed by atoms with Gasteiger partial charge >= 0.3 is 0 Å². The van der Waals surface area contributed by atoms with Crippen molar-refractivity contribution in [3.63, 3.8) is 0 Å². The van der Waals surface area contributed by atoms with E-state index in [1.807, 2.05) is 6.07 Å². The first-order chi connectivity index (χ1) is 13.9. The Morgan fingerprint density at radius 3 is 2.86 bits per heavy atom. The predicted octanol–water partition coefficient (Wildman–Crippen LogP) is 3.03. The number of benzene rings is 1. The standard InChI is InChI=1S/C19H16BrF2N5O2/c20-10-4-13(14-8-24-26-16(14)5-10)19(29)27-3-1-2-12(9-27)25-18(28)17-15(22)6-11(21)7-23-17/h4-8,12H,1-3,9H2,(H,24,26)(H,25,28). The molecule has 3 heterocycles. The van der Waals surface area contributed by atoms with Gasteiger partial charge in [0, 0.05) is 35.1 Å². The number of H-pyrrole nitrogens is 1. The lowest BCUT2D eigenvalue weighted by atomic mass is 10.0. The van der Waals surface area contributed by atoms with Crippen molar-refractivity contribution in [1.82, 2.24) is 25.4 Å². The van der Waals surface area contributed by atoms with Crippen LogP contribution < -0.4 is 5.32 Å². The fourth-order valence-electron chi connectivity index (χ4n) is 3.48. The summed E-state index contributed by atoms with van der Waals surface area (Å²) in [5.74, 6) is -2.79. The van der Waals surface area contributed by atoms with Gasteiger partial charge < -0.3 is 10.2 Å². The minimum absolute atomic E-state index is 0.178. The molecule has 10 heteroatoms. The molecule has 2 amide bonds. The van der Waals surface area contributed by atoms with Gasteiger partial charge in [-0.2, -0.15) is 5.10 Å². The van der Waals surface area contributed by atoms with Gasteiger partial charge in [0.15, 0.2) is 11.5 Å². The van der Waals surface area contributed by atoms with Gasteiger partial charge in [0.2, 0.25) is 0 Å². The van der Waals surface area contributed by atoms with Crippen molar-refractivity contribution in [2.75, 3.05) is 13.1 Å². The molecule has 0 aliphatic carbocycles. The number of fused-ring (bicyclic) bond motifs is 1. The maximum Gasteiger partial charge on any atom is 0.273 e. The van der Waals surface area contributed by atoms with Crippen LogP contribution in [0.15, 0.2) is 35.1 Å². The summed E-state index contributed by atoms with van der Waals surface area (Å²) in [6.45, 7) is 0.819. The highest BCUT2D eigenvalue weighted by molar-refractivity contribution is 9.10. The summed E-state index contributed by atoms with van der Waals surface area (Å²) >= 11 is 3.40. The normalized spacial score (nSPS) is 16.8. The molecule has 2 aromatic heterocycles. The van der Waals surface area contributed by atoms with Gasteiger partial charge in [-0.15, -0.1) is 0 Å². The van der Waals surface area contributed by atoms with Crippen LogP contribution in [0.5, 0.6) is 0 Å². The van der Waals surface area contributed by atoms with Crippen molar-refractivity contribution < 1.29 is 18.4 Å². The monoisotopic (exact) mass is 463 g/mol. The molecular weight excluding hydrogens is 448 g/mol. The Kier molecular flexibility index (Phi) is 5.27. The molecule has 150 valence electrons. The summed E-state index contributed by atoms with van der Waals surface area (Å²) in [5.41, 5.74) is 0.769. The number of aromatic nitrogens is 3. The van der Waals surface area contributed by atoms with Gasteiger partial charge in [-0.3, -0.25) is 14.7 Å². The van der Waals surface area contributed by atoms with Crippen molar-refractivity contribution in [3.8, 4) is 0 Å². The van der Waals surface area contributed by atoms with E-state index in [4.69, 9.17) is 0 Å². The van der Waals surface area contributed by atoms with E-state index in [1.54, 1.807) is 17.2 Å². The van der Waals surface area contributed by atoms with E-state index in [2.05, 4.69) is 36.4 Å². The Bertz CT molecular complexity index is 1100. The second kappa shape index (κ2) is 7.86. The average Bonchev–Trinajstić information content (AvgIpc) is 3.15. The van der Waals surface area contributed by atoms with Crippen LogP contribution in [0, 0.1) is 11.6 Å². The highest BCUT2D eigenvalue weighted by Gasteiger charge is 2.28. The van der Waals surface area contributed by atoms with Crippen molar-refractivity contribution in [1.29, 1.82) is 0 Å². The van der Waals surface area contributed by atoms with E-state index in [0.717, 1.165) is 16.2 Å². The average molecular weight is 464 g/mol. The number of carbonyl (C=O) groups is 2. The van der Waals surface area contributed by atoms with Gasteiger partial charge in [-0.1, -0.05) is 15.9 Å². The number of carbonyl (C=O) groups excluding carboxylic acids is 2.